The zero-order chi connectivity index (χ0) is 17.4. The highest BCUT2D eigenvalue weighted by atomic mass is 16.5. The fourth-order valence-electron chi connectivity index (χ4n) is 4.32. The molecule has 1 aliphatic heterocycles. The molecule has 25 heavy (non-hydrogen) atoms. The van der Waals surface area contributed by atoms with Crippen LogP contribution in [0, 0.1) is 5.41 Å². The maximum atomic E-state index is 9.13. The van der Waals surface area contributed by atoms with Crippen molar-refractivity contribution in [2.45, 2.75) is 45.1 Å². The predicted molar refractivity (Wildman–Crippen MR) is 102 cm³/mol. The van der Waals surface area contributed by atoms with Crippen LogP contribution in [0.1, 0.15) is 43.2 Å². The molecule has 1 heterocycles. The smallest absolute Gasteiger partial charge is 0.0681 e. The van der Waals surface area contributed by atoms with Crippen molar-refractivity contribution in [2.75, 3.05) is 45.9 Å². The fraction of sp³-hybridized carbons (Fsp3) is 0.714. The Morgan fingerprint density at radius 1 is 1.00 bits per heavy atom. The first-order valence-electron chi connectivity index (χ1n) is 9.99. The van der Waals surface area contributed by atoms with Crippen molar-refractivity contribution in [1.82, 2.24) is 10.2 Å². The highest BCUT2D eigenvalue weighted by Gasteiger charge is 2.33. The van der Waals surface area contributed by atoms with Gasteiger partial charge in [-0.15, -0.1) is 0 Å². The monoisotopic (exact) mass is 346 g/mol. The molecule has 0 spiro atoms. The number of rotatable bonds is 8. The molecule has 1 saturated carbocycles. The summed E-state index contributed by atoms with van der Waals surface area (Å²) < 4.78 is 5.51. The summed E-state index contributed by atoms with van der Waals surface area (Å²) in [6.45, 7) is 7.51. The maximum Gasteiger partial charge on any atom is 0.0681 e. The van der Waals surface area contributed by atoms with Gasteiger partial charge in [0.25, 0.3) is 0 Å². The third-order valence-corrected chi connectivity index (χ3v) is 5.87. The summed E-state index contributed by atoms with van der Waals surface area (Å²) in [6.07, 6.45) is 7.95. The van der Waals surface area contributed by atoms with Crippen LogP contribution in [0.4, 0.5) is 0 Å². The second-order valence-electron chi connectivity index (χ2n) is 7.85. The quantitative estimate of drug-likeness (QED) is 0.710. The average molecular weight is 347 g/mol. The molecule has 0 aromatic heterocycles. The fourth-order valence-corrected chi connectivity index (χ4v) is 4.32. The second-order valence-corrected chi connectivity index (χ2v) is 7.85. The van der Waals surface area contributed by atoms with E-state index >= 15 is 0 Å². The minimum Gasteiger partial charge on any atom is -0.392 e. The van der Waals surface area contributed by atoms with E-state index in [-0.39, 0.29) is 6.61 Å². The van der Waals surface area contributed by atoms with E-state index in [2.05, 4.69) is 22.3 Å². The molecule has 0 unspecified atom stereocenters. The highest BCUT2D eigenvalue weighted by molar-refractivity contribution is 5.22. The number of hydrogen-bond acceptors (Lipinski definition) is 4. The summed E-state index contributed by atoms with van der Waals surface area (Å²) in [6, 6.07) is 8.32. The van der Waals surface area contributed by atoms with Crippen molar-refractivity contribution in [3.63, 3.8) is 0 Å². The molecule has 0 atom stereocenters. The molecule has 3 rings (SSSR count). The topological polar surface area (TPSA) is 44.7 Å². The van der Waals surface area contributed by atoms with Crippen molar-refractivity contribution in [3.05, 3.63) is 35.4 Å². The lowest BCUT2D eigenvalue weighted by Crippen LogP contribution is -2.48. The molecule has 2 N–H and O–H groups in total. The van der Waals surface area contributed by atoms with Gasteiger partial charge in [0.05, 0.1) is 19.8 Å². The zero-order valence-electron chi connectivity index (χ0n) is 15.5. The van der Waals surface area contributed by atoms with Gasteiger partial charge in [0.1, 0.15) is 0 Å². The van der Waals surface area contributed by atoms with Crippen LogP contribution in [0.25, 0.3) is 0 Å². The van der Waals surface area contributed by atoms with Crippen molar-refractivity contribution >= 4 is 0 Å². The summed E-state index contributed by atoms with van der Waals surface area (Å²) in [4.78, 5) is 2.62. The van der Waals surface area contributed by atoms with Gasteiger partial charge in [-0.1, -0.05) is 43.5 Å². The molecule has 1 aromatic carbocycles. The van der Waals surface area contributed by atoms with Crippen LogP contribution in [0.5, 0.6) is 0 Å². The Morgan fingerprint density at radius 2 is 1.68 bits per heavy atom. The molecule has 0 amide bonds. The average Bonchev–Trinajstić information content (AvgIpc) is 2.67. The van der Waals surface area contributed by atoms with Gasteiger partial charge in [0.15, 0.2) is 0 Å². The molecule has 1 aromatic rings. The van der Waals surface area contributed by atoms with Crippen molar-refractivity contribution in [2.24, 2.45) is 5.41 Å². The largest absolute Gasteiger partial charge is 0.392 e. The summed E-state index contributed by atoms with van der Waals surface area (Å²) >= 11 is 0. The van der Waals surface area contributed by atoms with Crippen LogP contribution in [0.3, 0.4) is 0 Å². The number of nitrogens with one attached hydrogen (secondary N) is 1. The molecular formula is C21H34N2O2. The summed E-state index contributed by atoms with van der Waals surface area (Å²) in [7, 11) is 0. The number of aliphatic hydroxyl groups excluding tert-OH is 1. The second kappa shape index (κ2) is 9.67. The number of hydrogen-bond donors (Lipinski definition) is 2. The van der Waals surface area contributed by atoms with Crippen LogP contribution in [0.2, 0.25) is 0 Å². The third-order valence-electron chi connectivity index (χ3n) is 5.87. The van der Waals surface area contributed by atoms with E-state index in [1.54, 1.807) is 0 Å². The van der Waals surface area contributed by atoms with Gasteiger partial charge in [-0.3, -0.25) is 4.90 Å². The van der Waals surface area contributed by atoms with Crippen LogP contribution >= 0.6 is 0 Å². The predicted octanol–water partition coefficient (Wildman–Crippen LogP) is 2.59. The lowest BCUT2D eigenvalue weighted by molar-refractivity contribution is 0.00727. The summed E-state index contributed by atoms with van der Waals surface area (Å²) in [5.41, 5.74) is 2.79. The first-order chi connectivity index (χ1) is 12.3. The normalized spacial score (nSPS) is 21.3. The highest BCUT2D eigenvalue weighted by Crippen LogP contribution is 2.36. The van der Waals surface area contributed by atoms with Crippen LogP contribution in [-0.2, 0) is 17.8 Å². The van der Waals surface area contributed by atoms with Crippen molar-refractivity contribution in [1.29, 1.82) is 0 Å². The molecule has 2 fully saturated rings. The van der Waals surface area contributed by atoms with E-state index in [9.17, 15) is 0 Å². The minimum absolute atomic E-state index is 0.128. The lowest BCUT2D eigenvalue weighted by atomic mass is 9.73. The van der Waals surface area contributed by atoms with Gasteiger partial charge >= 0.3 is 0 Å². The number of ether oxygens (including phenoxy) is 1. The minimum atomic E-state index is 0.128. The molecule has 140 valence electrons. The maximum absolute atomic E-state index is 9.13. The third kappa shape index (κ3) is 5.78. The standard InChI is InChI=1S/C21H34N2O2/c24-16-20-6-4-19(5-7-20)8-11-22-17-21(9-2-1-3-10-21)18-23-12-14-25-15-13-23/h4-7,22,24H,1-3,8-18H2. The van der Waals surface area contributed by atoms with Gasteiger partial charge in [0, 0.05) is 26.2 Å². The van der Waals surface area contributed by atoms with Crippen molar-refractivity contribution < 1.29 is 9.84 Å². The van der Waals surface area contributed by atoms with Gasteiger partial charge in [0.2, 0.25) is 0 Å². The summed E-state index contributed by atoms with van der Waals surface area (Å²) in [5.74, 6) is 0. The molecule has 4 nitrogen and oxygen atoms in total. The molecule has 0 bridgehead atoms. The van der Waals surface area contributed by atoms with E-state index < -0.39 is 0 Å². The molecular weight excluding hydrogens is 312 g/mol. The molecule has 1 saturated heterocycles. The first kappa shape index (κ1) is 18.8. The Labute approximate surface area is 152 Å². The van der Waals surface area contributed by atoms with E-state index in [1.165, 1.54) is 44.2 Å². The Balaban J connectivity index is 1.46. The number of morpholine rings is 1. The number of aliphatic hydroxyl groups is 1. The molecule has 4 heteroatoms. The Hall–Kier alpha value is -0.940. The Kier molecular flexibility index (Phi) is 7.29. The van der Waals surface area contributed by atoms with Crippen LogP contribution in [0.15, 0.2) is 24.3 Å². The SMILES string of the molecule is OCc1ccc(CCNCC2(CN3CCOCC3)CCCCC2)cc1. The number of nitrogens with zero attached hydrogens (tertiary/aromatic N) is 1. The van der Waals surface area contributed by atoms with Gasteiger partial charge in [-0.2, -0.15) is 0 Å². The molecule has 1 aliphatic carbocycles. The van der Waals surface area contributed by atoms with E-state index in [0.717, 1.165) is 51.4 Å². The van der Waals surface area contributed by atoms with Gasteiger partial charge in [-0.05, 0) is 42.3 Å². The molecule has 2 aliphatic rings. The zero-order valence-corrected chi connectivity index (χ0v) is 15.5. The van der Waals surface area contributed by atoms with Crippen molar-refractivity contribution in [3.8, 4) is 0 Å². The van der Waals surface area contributed by atoms with E-state index in [1.807, 2.05) is 12.1 Å². The lowest BCUT2D eigenvalue weighted by Gasteiger charge is -2.42. The number of benzene rings is 1. The van der Waals surface area contributed by atoms with Gasteiger partial charge in [-0.25, -0.2) is 0 Å². The molecule has 0 radical (unpaired) electrons. The van der Waals surface area contributed by atoms with Crippen LogP contribution < -0.4 is 5.32 Å². The van der Waals surface area contributed by atoms with Gasteiger partial charge < -0.3 is 15.2 Å². The van der Waals surface area contributed by atoms with E-state index in [0.29, 0.717) is 5.41 Å². The Bertz CT molecular complexity index is 491. The van der Waals surface area contributed by atoms with E-state index in [4.69, 9.17) is 9.84 Å². The Morgan fingerprint density at radius 3 is 2.36 bits per heavy atom. The first-order valence-corrected chi connectivity index (χ1v) is 9.99. The van der Waals surface area contributed by atoms with Crippen LogP contribution in [-0.4, -0.2) is 55.9 Å². The summed E-state index contributed by atoms with van der Waals surface area (Å²) in [5, 5.41) is 12.9.